The number of carbonyl (C=O) groups excluding carboxylic acids is 3. The van der Waals surface area contributed by atoms with Crippen LogP contribution in [0.15, 0.2) is 0 Å². The molecule has 0 aromatic carbocycles. The summed E-state index contributed by atoms with van der Waals surface area (Å²) in [5, 5.41) is 5.47. The van der Waals surface area contributed by atoms with Gasteiger partial charge in [-0.15, -0.1) is 0 Å². The molecule has 0 aromatic rings. The van der Waals surface area contributed by atoms with Gasteiger partial charge in [0.2, 0.25) is 11.8 Å². The van der Waals surface area contributed by atoms with Crippen molar-refractivity contribution in [3.8, 4) is 0 Å². The third kappa shape index (κ3) is 6.49. The third-order valence-corrected chi connectivity index (χ3v) is 4.89. The van der Waals surface area contributed by atoms with Crippen LogP contribution in [0.2, 0.25) is 0 Å². The largest absolute Gasteiger partial charge is 0.465 e. The SMILES string of the molecule is CCOC(=O)CNC(=O)[C@H](NC(=O)C1CCC(C)CC1)[C@@H](C)CC. The lowest BCUT2D eigenvalue weighted by molar-refractivity contribution is -0.143. The van der Waals surface area contributed by atoms with Gasteiger partial charge in [-0.05, 0) is 44.4 Å². The molecule has 0 unspecified atom stereocenters. The van der Waals surface area contributed by atoms with E-state index >= 15 is 0 Å². The normalized spacial score (nSPS) is 23.0. The lowest BCUT2D eigenvalue weighted by Gasteiger charge is -2.29. The molecule has 0 spiro atoms. The summed E-state index contributed by atoms with van der Waals surface area (Å²) in [4.78, 5) is 36.3. The van der Waals surface area contributed by atoms with Crippen molar-refractivity contribution in [2.24, 2.45) is 17.8 Å². The number of hydrogen-bond donors (Lipinski definition) is 2. The summed E-state index contributed by atoms with van der Waals surface area (Å²) in [7, 11) is 0. The standard InChI is InChI=1S/C18H32N2O4/c1-5-13(4)16(18(23)19-11-15(21)24-6-2)20-17(22)14-9-7-12(3)8-10-14/h12-14,16H,5-11H2,1-4H3,(H,19,23)(H,20,22)/t12?,13-,14?,16+/m0/s1. The van der Waals surface area contributed by atoms with Gasteiger partial charge in [-0.3, -0.25) is 14.4 Å². The fourth-order valence-corrected chi connectivity index (χ4v) is 2.98. The molecule has 2 atom stereocenters. The highest BCUT2D eigenvalue weighted by molar-refractivity contribution is 5.90. The molecule has 1 rings (SSSR count). The first kappa shape index (κ1) is 20.5. The molecular weight excluding hydrogens is 308 g/mol. The summed E-state index contributed by atoms with van der Waals surface area (Å²) in [6, 6.07) is -0.615. The second-order valence-corrected chi connectivity index (χ2v) is 6.85. The average molecular weight is 340 g/mol. The molecule has 2 amide bonds. The number of esters is 1. The predicted octanol–water partition coefficient (Wildman–Crippen LogP) is 2.02. The maximum atomic E-state index is 12.5. The zero-order chi connectivity index (χ0) is 18.1. The topological polar surface area (TPSA) is 84.5 Å². The summed E-state index contributed by atoms with van der Waals surface area (Å²) >= 11 is 0. The van der Waals surface area contributed by atoms with E-state index in [1.807, 2.05) is 13.8 Å². The van der Waals surface area contributed by atoms with Crippen LogP contribution in [0.3, 0.4) is 0 Å². The maximum Gasteiger partial charge on any atom is 0.325 e. The van der Waals surface area contributed by atoms with Crippen molar-refractivity contribution in [3.05, 3.63) is 0 Å². The Morgan fingerprint density at radius 1 is 1.12 bits per heavy atom. The van der Waals surface area contributed by atoms with Crippen molar-refractivity contribution in [2.75, 3.05) is 13.2 Å². The van der Waals surface area contributed by atoms with Gasteiger partial charge in [0.25, 0.3) is 0 Å². The smallest absolute Gasteiger partial charge is 0.325 e. The molecule has 138 valence electrons. The molecule has 2 N–H and O–H groups in total. The van der Waals surface area contributed by atoms with Crippen molar-refractivity contribution in [2.45, 2.75) is 65.8 Å². The van der Waals surface area contributed by atoms with Crippen molar-refractivity contribution in [3.63, 3.8) is 0 Å². The monoisotopic (exact) mass is 340 g/mol. The van der Waals surface area contributed by atoms with Crippen LogP contribution in [0.25, 0.3) is 0 Å². The first-order valence-electron chi connectivity index (χ1n) is 9.12. The fraction of sp³-hybridized carbons (Fsp3) is 0.833. The van der Waals surface area contributed by atoms with E-state index in [1.54, 1.807) is 6.92 Å². The maximum absolute atomic E-state index is 12.5. The molecule has 24 heavy (non-hydrogen) atoms. The van der Waals surface area contributed by atoms with Crippen molar-refractivity contribution >= 4 is 17.8 Å². The minimum absolute atomic E-state index is 0.00124. The molecule has 0 radical (unpaired) electrons. The van der Waals surface area contributed by atoms with Gasteiger partial charge in [0.1, 0.15) is 12.6 Å². The van der Waals surface area contributed by atoms with Gasteiger partial charge in [0.15, 0.2) is 0 Å². The van der Waals surface area contributed by atoms with Crippen LogP contribution in [0.4, 0.5) is 0 Å². The molecule has 0 saturated heterocycles. The molecule has 1 aliphatic rings. The Kier molecular flexibility index (Phi) is 8.79. The number of rotatable bonds is 8. The summed E-state index contributed by atoms with van der Waals surface area (Å²) in [5.74, 6) is -0.175. The van der Waals surface area contributed by atoms with Crippen LogP contribution >= 0.6 is 0 Å². The quantitative estimate of drug-likeness (QED) is 0.662. The van der Waals surface area contributed by atoms with Crippen LogP contribution in [0, 0.1) is 17.8 Å². The van der Waals surface area contributed by atoms with Gasteiger partial charge in [-0.25, -0.2) is 0 Å². The molecular formula is C18H32N2O4. The van der Waals surface area contributed by atoms with E-state index in [9.17, 15) is 14.4 Å². The Labute approximate surface area is 145 Å². The van der Waals surface area contributed by atoms with E-state index < -0.39 is 12.0 Å². The summed E-state index contributed by atoms with van der Waals surface area (Å²) in [5.41, 5.74) is 0. The van der Waals surface area contributed by atoms with Crippen LogP contribution in [-0.2, 0) is 19.1 Å². The molecule has 0 aliphatic heterocycles. The van der Waals surface area contributed by atoms with Crippen LogP contribution in [-0.4, -0.2) is 37.0 Å². The number of amides is 2. The molecule has 6 nitrogen and oxygen atoms in total. The summed E-state index contributed by atoms with van der Waals surface area (Å²) in [6.07, 6.45) is 4.64. The molecule has 0 heterocycles. The van der Waals surface area contributed by atoms with E-state index in [4.69, 9.17) is 4.74 Å². The minimum atomic E-state index is -0.615. The van der Waals surface area contributed by atoms with E-state index in [2.05, 4.69) is 17.6 Å². The second-order valence-electron chi connectivity index (χ2n) is 6.85. The first-order valence-corrected chi connectivity index (χ1v) is 9.12. The summed E-state index contributed by atoms with van der Waals surface area (Å²) in [6.45, 7) is 7.94. The van der Waals surface area contributed by atoms with Gasteiger partial charge in [0.05, 0.1) is 6.61 Å². The lowest BCUT2D eigenvalue weighted by atomic mass is 9.82. The molecule has 0 aromatic heterocycles. The van der Waals surface area contributed by atoms with Crippen molar-refractivity contribution in [1.29, 1.82) is 0 Å². The number of carbonyl (C=O) groups is 3. The summed E-state index contributed by atoms with van der Waals surface area (Å²) < 4.78 is 4.80. The van der Waals surface area contributed by atoms with Gasteiger partial charge in [0, 0.05) is 5.92 Å². The number of ether oxygens (including phenoxy) is 1. The Balaban J connectivity index is 2.59. The zero-order valence-corrected chi connectivity index (χ0v) is 15.4. The van der Waals surface area contributed by atoms with Crippen LogP contribution in [0.1, 0.15) is 59.8 Å². The number of hydrogen-bond acceptors (Lipinski definition) is 4. The van der Waals surface area contributed by atoms with Crippen LogP contribution < -0.4 is 10.6 Å². The van der Waals surface area contributed by atoms with Gasteiger partial charge >= 0.3 is 5.97 Å². The number of nitrogens with one attached hydrogen (secondary N) is 2. The second kappa shape index (κ2) is 10.3. The van der Waals surface area contributed by atoms with Crippen molar-refractivity contribution < 1.29 is 19.1 Å². The van der Waals surface area contributed by atoms with Crippen LogP contribution in [0.5, 0.6) is 0 Å². The Morgan fingerprint density at radius 2 is 1.75 bits per heavy atom. The van der Waals surface area contributed by atoms with E-state index in [0.717, 1.165) is 32.1 Å². The highest BCUT2D eigenvalue weighted by Gasteiger charge is 2.30. The van der Waals surface area contributed by atoms with Gasteiger partial charge < -0.3 is 15.4 Å². The molecule has 1 aliphatic carbocycles. The first-order chi connectivity index (χ1) is 11.4. The van der Waals surface area contributed by atoms with Crippen molar-refractivity contribution in [1.82, 2.24) is 10.6 Å². The Bertz CT molecular complexity index is 431. The highest BCUT2D eigenvalue weighted by Crippen LogP contribution is 2.28. The average Bonchev–Trinajstić information content (AvgIpc) is 2.57. The third-order valence-electron chi connectivity index (χ3n) is 4.89. The molecule has 6 heteroatoms. The molecule has 1 fully saturated rings. The van der Waals surface area contributed by atoms with Gasteiger partial charge in [-0.1, -0.05) is 27.2 Å². The fourth-order valence-electron chi connectivity index (χ4n) is 2.98. The zero-order valence-electron chi connectivity index (χ0n) is 15.4. The minimum Gasteiger partial charge on any atom is -0.465 e. The molecule has 1 saturated carbocycles. The van der Waals surface area contributed by atoms with Gasteiger partial charge in [-0.2, -0.15) is 0 Å². The lowest BCUT2D eigenvalue weighted by Crippen LogP contribution is -2.52. The Morgan fingerprint density at radius 3 is 2.29 bits per heavy atom. The van der Waals surface area contributed by atoms with E-state index in [-0.39, 0.29) is 36.8 Å². The predicted molar refractivity (Wildman–Crippen MR) is 92.2 cm³/mol. The van der Waals surface area contributed by atoms with E-state index in [0.29, 0.717) is 5.92 Å². The highest BCUT2D eigenvalue weighted by atomic mass is 16.5. The molecule has 0 bridgehead atoms. The Hall–Kier alpha value is -1.59. The van der Waals surface area contributed by atoms with E-state index in [1.165, 1.54) is 0 Å².